The maximum atomic E-state index is 6.01. The molecule has 0 bridgehead atoms. The number of ether oxygens (including phenoxy) is 3. The lowest BCUT2D eigenvalue weighted by molar-refractivity contribution is 0.304. The Morgan fingerprint density at radius 1 is 0.345 bits per heavy atom. The van der Waals surface area contributed by atoms with Gasteiger partial charge in [-0.1, -0.05) is 153 Å². The Bertz CT molecular complexity index is 1930. The van der Waals surface area contributed by atoms with Gasteiger partial charge in [-0.25, -0.2) is 0 Å². The Morgan fingerprint density at radius 3 is 0.983 bits per heavy atom. The molecule has 0 radical (unpaired) electrons. The van der Waals surface area contributed by atoms with Gasteiger partial charge >= 0.3 is 0 Å². The van der Waals surface area contributed by atoms with Crippen molar-refractivity contribution in [3.05, 3.63) is 122 Å². The monoisotopic (exact) mass is 888 g/mol. The zero-order valence-corrected chi connectivity index (χ0v) is 37.7. The maximum Gasteiger partial charge on any atom is 0.119 e. The second-order valence-electron chi connectivity index (χ2n) is 15.0. The molecule has 58 heavy (non-hydrogen) atoms. The van der Waals surface area contributed by atoms with Crippen LogP contribution in [0.1, 0.15) is 170 Å². The lowest BCUT2D eigenvalue weighted by Gasteiger charge is -2.06. The first kappa shape index (κ1) is 46.4. The van der Waals surface area contributed by atoms with Crippen molar-refractivity contribution in [3.8, 4) is 52.8 Å². The number of hydrogen-bond donors (Lipinski definition) is 0. The summed E-state index contributed by atoms with van der Waals surface area (Å²) in [5.74, 6) is 23.0. The Kier molecular flexibility index (Phi) is 23.2. The molecule has 306 valence electrons. The Balaban J connectivity index is 1.45. The summed E-state index contributed by atoms with van der Waals surface area (Å²) in [6, 6.07) is 28.4. The van der Waals surface area contributed by atoms with E-state index in [9.17, 15) is 0 Å². The summed E-state index contributed by atoms with van der Waals surface area (Å²) in [6.45, 7) is 9.01. The molecule has 0 aliphatic carbocycles. The van der Waals surface area contributed by atoms with Crippen LogP contribution in [0.5, 0.6) is 17.2 Å². The maximum absolute atomic E-state index is 6.01. The summed E-state index contributed by atoms with van der Waals surface area (Å²) in [7, 11) is 0. The summed E-state index contributed by atoms with van der Waals surface area (Å²) in [5.41, 5.74) is 5.43. The SMILES string of the molecule is CCCCCCCCOc1ccc(C#Cc2cc(C#Cc3ccc(OCCCCCCCC)cc3)c(C#Cc3ccc(OCCCCCCCC)cc3)cc2I)cc1. The lowest BCUT2D eigenvalue weighted by Crippen LogP contribution is -1.97. The van der Waals surface area contributed by atoms with E-state index in [4.69, 9.17) is 14.2 Å². The van der Waals surface area contributed by atoms with E-state index in [1.807, 2.05) is 72.8 Å². The average Bonchev–Trinajstić information content (AvgIpc) is 3.25. The molecule has 0 atom stereocenters. The van der Waals surface area contributed by atoms with Crippen LogP contribution in [0.15, 0.2) is 84.9 Å². The molecule has 4 aromatic rings. The molecule has 0 amide bonds. The van der Waals surface area contributed by atoms with Gasteiger partial charge in [-0.3, -0.25) is 0 Å². The average molecular weight is 889 g/mol. The first-order chi connectivity index (χ1) is 28.6. The minimum absolute atomic E-state index is 0.748. The minimum Gasteiger partial charge on any atom is -0.494 e. The van der Waals surface area contributed by atoms with Crippen molar-refractivity contribution in [2.75, 3.05) is 19.8 Å². The quantitative estimate of drug-likeness (QED) is 0.0399. The van der Waals surface area contributed by atoms with Crippen molar-refractivity contribution in [1.82, 2.24) is 0 Å². The predicted octanol–water partition coefficient (Wildman–Crippen LogP) is 14.7. The molecule has 0 aromatic heterocycles. The van der Waals surface area contributed by atoms with E-state index in [0.29, 0.717) is 0 Å². The topological polar surface area (TPSA) is 27.7 Å². The first-order valence-corrected chi connectivity index (χ1v) is 23.2. The van der Waals surface area contributed by atoms with Crippen LogP contribution in [0.4, 0.5) is 0 Å². The standard InChI is InChI=1S/C54H65IO3/c1-4-7-10-13-16-19-40-56-51-34-25-45(26-35-51)22-31-48-43-50(33-24-47-29-38-53(39-30-47)58-42-21-18-15-12-9-6-3)54(55)44-49(48)32-23-46-27-36-52(37-28-46)57-41-20-17-14-11-8-5-2/h25-30,34-39,43-44H,4-21,40-42H2,1-3H3. The molecule has 4 heteroatoms. The van der Waals surface area contributed by atoms with Crippen molar-refractivity contribution in [2.24, 2.45) is 0 Å². The lowest BCUT2D eigenvalue weighted by atomic mass is 10.0. The van der Waals surface area contributed by atoms with Crippen LogP contribution in [0.2, 0.25) is 0 Å². The van der Waals surface area contributed by atoms with Crippen LogP contribution < -0.4 is 14.2 Å². The molecule has 4 aromatic carbocycles. The van der Waals surface area contributed by atoms with Crippen LogP contribution in [0.3, 0.4) is 0 Å². The summed E-state index contributed by atoms with van der Waals surface area (Å²) < 4.78 is 19.0. The fraction of sp³-hybridized carbons (Fsp3) is 0.444. The van der Waals surface area contributed by atoms with Gasteiger partial charge in [0.15, 0.2) is 0 Å². The van der Waals surface area contributed by atoms with E-state index < -0.39 is 0 Å². The van der Waals surface area contributed by atoms with Gasteiger partial charge < -0.3 is 14.2 Å². The van der Waals surface area contributed by atoms with Gasteiger partial charge in [0.25, 0.3) is 0 Å². The van der Waals surface area contributed by atoms with Crippen LogP contribution in [-0.4, -0.2) is 19.8 Å². The molecule has 4 rings (SSSR count). The second-order valence-corrected chi connectivity index (χ2v) is 16.2. The van der Waals surface area contributed by atoms with Gasteiger partial charge in [-0.05, 0) is 127 Å². The van der Waals surface area contributed by atoms with Gasteiger partial charge in [0, 0.05) is 37.0 Å². The summed E-state index contributed by atoms with van der Waals surface area (Å²) in [4.78, 5) is 0. The van der Waals surface area contributed by atoms with Gasteiger partial charge in [0.1, 0.15) is 17.2 Å². The van der Waals surface area contributed by atoms with E-state index >= 15 is 0 Å². The minimum atomic E-state index is 0.748. The Morgan fingerprint density at radius 2 is 0.638 bits per heavy atom. The van der Waals surface area contributed by atoms with E-state index in [0.717, 1.165) is 93.3 Å². The van der Waals surface area contributed by atoms with Crippen LogP contribution in [0.25, 0.3) is 0 Å². The highest BCUT2D eigenvalue weighted by Gasteiger charge is 2.06. The van der Waals surface area contributed by atoms with Gasteiger partial charge in [-0.15, -0.1) is 0 Å². The van der Waals surface area contributed by atoms with Gasteiger partial charge in [0.05, 0.1) is 19.8 Å². The zero-order chi connectivity index (χ0) is 40.9. The highest BCUT2D eigenvalue weighted by atomic mass is 127. The van der Waals surface area contributed by atoms with Crippen LogP contribution in [0, 0.1) is 39.1 Å². The highest BCUT2D eigenvalue weighted by molar-refractivity contribution is 14.1. The number of halogens is 1. The fourth-order valence-electron chi connectivity index (χ4n) is 6.42. The number of rotatable bonds is 24. The van der Waals surface area contributed by atoms with Crippen LogP contribution in [-0.2, 0) is 0 Å². The van der Waals surface area contributed by atoms with Crippen molar-refractivity contribution >= 4 is 22.6 Å². The van der Waals surface area contributed by atoms with E-state index in [2.05, 4.69) is 91.0 Å². The van der Waals surface area contributed by atoms with E-state index in [-0.39, 0.29) is 0 Å². The molecule has 3 nitrogen and oxygen atoms in total. The number of unbranched alkanes of at least 4 members (excludes halogenated alkanes) is 15. The van der Waals surface area contributed by atoms with Gasteiger partial charge in [-0.2, -0.15) is 0 Å². The number of benzene rings is 4. The first-order valence-electron chi connectivity index (χ1n) is 22.2. The van der Waals surface area contributed by atoms with Crippen molar-refractivity contribution in [3.63, 3.8) is 0 Å². The largest absolute Gasteiger partial charge is 0.494 e. The fourth-order valence-corrected chi connectivity index (χ4v) is 7.02. The molecule has 0 saturated carbocycles. The molecule has 0 spiro atoms. The van der Waals surface area contributed by atoms with Crippen molar-refractivity contribution < 1.29 is 14.2 Å². The highest BCUT2D eigenvalue weighted by Crippen LogP contribution is 2.21. The molecule has 0 aliphatic rings. The summed E-state index contributed by atoms with van der Waals surface area (Å²) in [6.07, 6.45) is 22.5. The molecular weight excluding hydrogens is 823 g/mol. The second kappa shape index (κ2) is 29.0. The summed E-state index contributed by atoms with van der Waals surface area (Å²) >= 11 is 2.36. The van der Waals surface area contributed by atoms with E-state index in [1.165, 1.54) is 96.3 Å². The molecule has 0 N–H and O–H groups in total. The third-order valence-corrected chi connectivity index (χ3v) is 10.9. The molecule has 0 aliphatic heterocycles. The van der Waals surface area contributed by atoms with Gasteiger partial charge in [0.2, 0.25) is 0 Å². The molecule has 0 unspecified atom stereocenters. The molecule has 0 fully saturated rings. The smallest absolute Gasteiger partial charge is 0.119 e. The summed E-state index contributed by atoms with van der Waals surface area (Å²) in [5, 5.41) is 0. The third-order valence-electron chi connectivity index (χ3n) is 9.99. The van der Waals surface area contributed by atoms with Crippen molar-refractivity contribution in [1.29, 1.82) is 0 Å². The molecule has 0 saturated heterocycles. The predicted molar refractivity (Wildman–Crippen MR) is 253 cm³/mol. The third kappa shape index (κ3) is 19.0. The molecular formula is C54H65IO3. The zero-order valence-electron chi connectivity index (χ0n) is 35.5. The normalized spacial score (nSPS) is 10.4. The Hall–Kier alpha value is -4.31. The Labute approximate surface area is 365 Å². The van der Waals surface area contributed by atoms with E-state index in [1.54, 1.807) is 0 Å². The van der Waals surface area contributed by atoms with Crippen LogP contribution >= 0.6 is 22.6 Å². The molecule has 0 heterocycles. The van der Waals surface area contributed by atoms with Crippen molar-refractivity contribution in [2.45, 2.75) is 136 Å². The number of hydrogen-bond acceptors (Lipinski definition) is 3.